The first-order chi connectivity index (χ1) is 14.1. The monoisotopic (exact) mass is 408 g/mol. The Morgan fingerprint density at radius 2 is 1.43 bits per heavy atom. The fourth-order valence-corrected chi connectivity index (χ4v) is 3.59. The van der Waals surface area contributed by atoms with Gasteiger partial charge in [-0.2, -0.15) is 0 Å². The van der Waals surface area contributed by atoms with E-state index in [1.165, 1.54) is 26.0 Å². The maximum atomic E-state index is 12.6. The van der Waals surface area contributed by atoms with Crippen molar-refractivity contribution < 1.29 is 23.9 Å². The van der Waals surface area contributed by atoms with Gasteiger partial charge in [-0.3, -0.25) is 19.3 Å². The number of benzene rings is 2. The topological polar surface area (TPSA) is 92.8 Å². The molecule has 0 aliphatic carbocycles. The third-order valence-corrected chi connectivity index (χ3v) is 5.14. The largest absolute Gasteiger partial charge is 0.451 e. The molecule has 2 aromatic rings. The number of rotatable bonds is 5. The fourth-order valence-electron chi connectivity index (χ4n) is 3.59. The van der Waals surface area contributed by atoms with Crippen molar-refractivity contribution in [3.05, 3.63) is 64.2 Å². The summed E-state index contributed by atoms with van der Waals surface area (Å²) in [6.07, 6.45) is -1.10. The molecule has 0 radical (unpaired) electrons. The van der Waals surface area contributed by atoms with Crippen molar-refractivity contribution in [1.29, 1.82) is 0 Å². The minimum atomic E-state index is -1.16. The molecular formula is C23H24N2O5. The third-order valence-electron chi connectivity index (χ3n) is 5.14. The Kier molecular flexibility index (Phi) is 5.73. The molecule has 1 aliphatic rings. The minimum Gasteiger partial charge on any atom is -0.451 e. The first-order valence-electron chi connectivity index (χ1n) is 9.68. The highest BCUT2D eigenvalue weighted by molar-refractivity contribution is 6.22. The van der Waals surface area contributed by atoms with Gasteiger partial charge < -0.3 is 10.1 Å². The smallest absolute Gasteiger partial charge is 0.329 e. The van der Waals surface area contributed by atoms with Gasteiger partial charge >= 0.3 is 5.97 Å². The first kappa shape index (κ1) is 21.2. The molecule has 7 nitrogen and oxygen atoms in total. The second-order valence-electron chi connectivity index (χ2n) is 7.54. The van der Waals surface area contributed by atoms with Gasteiger partial charge in [0.15, 0.2) is 6.10 Å². The number of anilines is 1. The highest BCUT2D eigenvalue weighted by atomic mass is 16.5. The molecule has 0 spiro atoms. The molecule has 0 bridgehead atoms. The maximum Gasteiger partial charge on any atom is 0.329 e. The van der Waals surface area contributed by atoms with E-state index in [-0.39, 0.29) is 11.1 Å². The predicted molar refractivity (Wildman–Crippen MR) is 111 cm³/mol. The quantitative estimate of drug-likeness (QED) is 0.606. The van der Waals surface area contributed by atoms with Gasteiger partial charge in [0.2, 0.25) is 0 Å². The van der Waals surface area contributed by atoms with Crippen LogP contribution in [-0.4, -0.2) is 40.7 Å². The van der Waals surface area contributed by atoms with Crippen LogP contribution in [0.2, 0.25) is 0 Å². The van der Waals surface area contributed by atoms with Crippen LogP contribution in [-0.2, 0) is 14.3 Å². The number of amides is 3. The van der Waals surface area contributed by atoms with E-state index >= 15 is 0 Å². The van der Waals surface area contributed by atoms with Crippen molar-refractivity contribution >= 4 is 29.4 Å². The summed E-state index contributed by atoms with van der Waals surface area (Å²) in [6, 6.07) is 9.12. The molecule has 30 heavy (non-hydrogen) atoms. The highest BCUT2D eigenvalue weighted by Crippen LogP contribution is 2.25. The molecule has 2 aromatic carbocycles. The first-order valence-corrected chi connectivity index (χ1v) is 9.68. The summed E-state index contributed by atoms with van der Waals surface area (Å²) >= 11 is 0. The van der Waals surface area contributed by atoms with E-state index in [1.807, 2.05) is 32.9 Å². The molecule has 0 saturated heterocycles. The number of nitrogens with one attached hydrogen (secondary N) is 1. The van der Waals surface area contributed by atoms with Crippen molar-refractivity contribution in [1.82, 2.24) is 4.90 Å². The number of hydrogen-bond donors (Lipinski definition) is 1. The van der Waals surface area contributed by atoms with E-state index in [2.05, 4.69) is 5.32 Å². The molecule has 2 atom stereocenters. The Hall–Kier alpha value is -3.48. The lowest BCUT2D eigenvalue weighted by Crippen LogP contribution is -2.45. The van der Waals surface area contributed by atoms with E-state index in [1.54, 1.807) is 12.1 Å². The Balaban J connectivity index is 1.68. The van der Waals surface area contributed by atoms with Crippen molar-refractivity contribution in [2.24, 2.45) is 0 Å². The van der Waals surface area contributed by atoms with E-state index in [4.69, 9.17) is 4.74 Å². The molecule has 1 aliphatic heterocycles. The summed E-state index contributed by atoms with van der Waals surface area (Å²) in [5.74, 6) is -2.43. The Morgan fingerprint density at radius 1 is 0.933 bits per heavy atom. The fraction of sp³-hybridized carbons (Fsp3) is 0.304. The van der Waals surface area contributed by atoms with Crippen molar-refractivity contribution in [3.8, 4) is 0 Å². The van der Waals surface area contributed by atoms with Crippen LogP contribution in [0, 0.1) is 20.8 Å². The molecule has 0 aromatic heterocycles. The minimum absolute atomic E-state index is 0.248. The van der Waals surface area contributed by atoms with Crippen LogP contribution in [0.3, 0.4) is 0 Å². The summed E-state index contributed by atoms with van der Waals surface area (Å²) < 4.78 is 5.26. The summed E-state index contributed by atoms with van der Waals surface area (Å²) in [5.41, 5.74) is 4.05. The lowest BCUT2D eigenvalue weighted by molar-refractivity contribution is -0.156. The molecule has 0 fully saturated rings. The van der Waals surface area contributed by atoms with E-state index in [0.29, 0.717) is 5.69 Å². The second-order valence-corrected chi connectivity index (χ2v) is 7.54. The number of carbonyl (C=O) groups excluding carboxylic acids is 4. The molecule has 156 valence electrons. The van der Waals surface area contributed by atoms with Crippen LogP contribution < -0.4 is 5.32 Å². The lowest BCUT2D eigenvalue weighted by atomic mass is 10.0. The Morgan fingerprint density at radius 3 is 1.93 bits per heavy atom. The van der Waals surface area contributed by atoms with Crippen LogP contribution >= 0.6 is 0 Å². The van der Waals surface area contributed by atoms with Crippen molar-refractivity contribution in [2.75, 3.05) is 5.32 Å². The van der Waals surface area contributed by atoms with Gasteiger partial charge in [-0.05, 0) is 57.9 Å². The Bertz CT molecular complexity index is 1000. The molecule has 1 N–H and O–H groups in total. The third kappa shape index (κ3) is 3.83. The van der Waals surface area contributed by atoms with Crippen LogP contribution in [0.5, 0.6) is 0 Å². The zero-order valence-corrected chi connectivity index (χ0v) is 17.6. The predicted octanol–water partition coefficient (Wildman–Crippen LogP) is 3.17. The van der Waals surface area contributed by atoms with Gasteiger partial charge in [0.1, 0.15) is 6.04 Å². The van der Waals surface area contributed by atoms with E-state index in [9.17, 15) is 19.2 Å². The summed E-state index contributed by atoms with van der Waals surface area (Å²) in [4.78, 5) is 51.1. The van der Waals surface area contributed by atoms with Gasteiger partial charge in [0.05, 0.1) is 11.1 Å². The second kappa shape index (κ2) is 8.10. The molecular weight excluding hydrogens is 384 g/mol. The molecule has 0 saturated carbocycles. The van der Waals surface area contributed by atoms with Crippen LogP contribution in [0.1, 0.15) is 51.3 Å². The number of carbonyl (C=O) groups is 4. The molecule has 1 heterocycles. The summed E-state index contributed by atoms with van der Waals surface area (Å²) in [7, 11) is 0. The number of ether oxygens (including phenoxy) is 1. The molecule has 3 rings (SSSR count). The SMILES string of the molecule is Cc1cc(C)c(NC(=O)[C@@H](C)OC(=O)[C@H](C)N2C(=O)c3ccccc3C2=O)c(C)c1. The molecule has 3 amide bonds. The van der Waals surface area contributed by atoms with Crippen LogP contribution in [0.25, 0.3) is 0 Å². The molecule has 0 unspecified atom stereocenters. The zero-order chi connectivity index (χ0) is 22.2. The van der Waals surface area contributed by atoms with E-state index < -0.39 is 35.8 Å². The van der Waals surface area contributed by atoms with Crippen molar-refractivity contribution in [3.63, 3.8) is 0 Å². The zero-order valence-electron chi connectivity index (χ0n) is 17.6. The van der Waals surface area contributed by atoms with Crippen molar-refractivity contribution in [2.45, 2.75) is 46.8 Å². The highest BCUT2D eigenvalue weighted by Gasteiger charge is 2.41. The van der Waals surface area contributed by atoms with Gasteiger partial charge in [0.25, 0.3) is 17.7 Å². The van der Waals surface area contributed by atoms with E-state index in [0.717, 1.165) is 21.6 Å². The standard InChI is InChI=1S/C23H24N2O5/c1-12-10-13(2)19(14(3)11-12)24-20(26)16(5)30-23(29)15(4)25-21(27)17-8-6-7-9-18(17)22(25)28/h6-11,15-16H,1-5H3,(H,24,26)/t15-,16+/m0/s1. The number of imide groups is 1. The number of nitrogens with zero attached hydrogens (tertiary/aromatic N) is 1. The normalized spacial score (nSPS) is 14.9. The number of fused-ring (bicyclic) bond motifs is 1. The van der Waals surface area contributed by atoms with Gasteiger partial charge in [0, 0.05) is 5.69 Å². The van der Waals surface area contributed by atoms with Gasteiger partial charge in [-0.1, -0.05) is 29.8 Å². The molecule has 7 heteroatoms. The Labute approximate surface area is 175 Å². The number of aryl methyl sites for hydroxylation is 3. The number of esters is 1. The maximum absolute atomic E-state index is 12.6. The average molecular weight is 408 g/mol. The number of hydrogen-bond acceptors (Lipinski definition) is 5. The average Bonchev–Trinajstić information content (AvgIpc) is 2.94. The summed E-state index contributed by atoms with van der Waals surface area (Å²) in [6.45, 7) is 8.59. The summed E-state index contributed by atoms with van der Waals surface area (Å²) in [5, 5.41) is 2.79. The van der Waals surface area contributed by atoms with Crippen LogP contribution in [0.15, 0.2) is 36.4 Å². The van der Waals surface area contributed by atoms with Gasteiger partial charge in [-0.25, -0.2) is 4.79 Å². The lowest BCUT2D eigenvalue weighted by Gasteiger charge is -2.23. The van der Waals surface area contributed by atoms with Gasteiger partial charge in [-0.15, -0.1) is 0 Å². The van der Waals surface area contributed by atoms with Crippen LogP contribution in [0.4, 0.5) is 5.69 Å².